The third-order valence-corrected chi connectivity index (χ3v) is 4.63. The van der Waals surface area contributed by atoms with Crippen molar-refractivity contribution >= 4 is 47.8 Å². The van der Waals surface area contributed by atoms with E-state index in [1.807, 2.05) is 12.1 Å². The summed E-state index contributed by atoms with van der Waals surface area (Å²) >= 11 is 10.0. The summed E-state index contributed by atoms with van der Waals surface area (Å²) < 4.78 is 34.8. The van der Waals surface area contributed by atoms with Gasteiger partial charge >= 0.3 is 5.92 Å². The predicted molar refractivity (Wildman–Crippen MR) is 90.3 cm³/mol. The molecule has 0 bridgehead atoms. The molecule has 0 saturated heterocycles. The fourth-order valence-corrected chi connectivity index (χ4v) is 3.59. The molecular weight excluding hydrogens is 474 g/mol. The largest absolute Gasteiger partial charge is 0.485 e. The van der Waals surface area contributed by atoms with E-state index in [0.717, 1.165) is 5.56 Å². The first-order chi connectivity index (χ1) is 9.94. The lowest BCUT2D eigenvalue weighted by molar-refractivity contribution is -0.0471. The highest BCUT2D eigenvalue weighted by atomic mass is 79.9. The average molecular weight is 485 g/mol. The maximum Gasteiger partial charge on any atom is 0.306 e. The molecule has 0 spiro atoms. The van der Waals surface area contributed by atoms with Crippen LogP contribution in [0.5, 0.6) is 5.75 Å². The molecule has 112 valence electrons. The van der Waals surface area contributed by atoms with Crippen molar-refractivity contribution in [3.05, 3.63) is 62.5 Å². The van der Waals surface area contributed by atoms with Gasteiger partial charge in [0.2, 0.25) is 0 Å². The van der Waals surface area contributed by atoms with Crippen LogP contribution in [0.1, 0.15) is 11.1 Å². The van der Waals surface area contributed by atoms with Crippen LogP contribution in [0, 0.1) is 0 Å². The Labute approximate surface area is 147 Å². The second kappa shape index (κ2) is 7.20. The summed E-state index contributed by atoms with van der Waals surface area (Å²) in [5.74, 6) is -2.68. The Morgan fingerprint density at radius 3 is 2.10 bits per heavy atom. The van der Waals surface area contributed by atoms with Crippen molar-refractivity contribution in [3.8, 4) is 5.75 Å². The van der Waals surface area contributed by atoms with Crippen LogP contribution in [0.2, 0.25) is 0 Å². The van der Waals surface area contributed by atoms with E-state index in [-0.39, 0.29) is 5.56 Å². The van der Waals surface area contributed by atoms with Gasteiger partial charge in [-0.15, -0.1) is 0 Å². The quantitative estimate of drug-likeness (QED) is 0.454. The van der Waals surface area contributed by atoms with Crippen LogP contribution in [0.4, 0.5) is 8.78 Å². The van der Waals surface area contributed by atoms with Crippen molar-refractivity contribution in [2.45, 2.75) is 11.3 Å². The number of benzene rings is 2. The Morgan fingerprint density at radius 1 is 1.00 bits per heavy atom. The van der Waals surface area contributed by atoms with Crippen molar-refractivity contribution in [2.75, 3.05) is 6.61 Å². The molecule has 0 fully saturated rings. The fraction of sp³-hybridized carbons (Fsp3) is 0.200. The van der Waals surface area contributed by atoms with E-state index in [1.165, 1.54) is 12.1 Å². The SMILES string of the molecule is FC(F)(COc1c(Br)cc(CBr)cc1Br)c1ccccc1. The molecule has 0 saturated carbocycles. The van der Waals surface area contributed by atoms with E-state index in [9.17, 15) is 8.78 Å². The van der Waals surface area contributed by atoms with E-state index in [0.29, 0.717) is 20.0 Å². The lowest BCUT2D eigenvalue weighted by Crippen LogP contribution is -2.23. The molecule has 2 rings (SSSR count). The molecule has 0 aromatic heterocycles. The summed E-state index contributed by atoms with van der Waals surface area (Å²) in [4.78, 5) is 0. The van der Waals surface area contributed by atoms with Gasteiger partial charge in [-0.05, 0) is 49.6 Å². The zero-order valence-corrected chi connectivity index (χ0v) is 15.5. The minimum absolute atomic E-state index is 0.0608. The molecule has 6 heteroatoms. The van der Waals surface area contributed by atoms with E-state index >= 15 is 0 Å². The van der Waals surface area contributed by atoms with Crippen LogP contribution < -0.4 is 4.74 Å². The van der Waals surface area contributed by atoms with E-state index in [2.05, 4.69) is 47.8 Å². The van der Waals surface area contributed by atoms with Gasteiger partial charge in [0.25, 0.3) is 0 Å². The zero-order valence-electron chi connectivity index (χ0n) is 10.8. The smallest absolute Gasteiger partial charge is 0.306 e. The standard InChI is InChI=1S/C15H11Br3F2O/c16-8-10-6-12(17)14(13(18)7-10)21-9-15(19,20)11-4-2-1-3-5-11/h1-7H,8-9H2. The summed E-state index contributed by atoms with van der Waals surface area (Å²) in [6.45, 7) is -0.720. The number of alkyl halides is 3. The summed E-state index contributed by atoms with van der Waals surface area (Å²) in [5.41, 5.74) is 0.949. The molecule has 0 unspecified atom stereocenters. The monoisotopic (exact) mass is 482 g/mol. The third-order valence-electron chi connectivity index (χ3n) is 2.81. The molecule has 1 nitrogen and oxygen atoms in total. The topological polar surface area (TPSA) is 9.23 Å². The second-order valence-electron chi connectivity index (χ2n) is 4.38. The van der Waals surface area contributed by atoms with Crippen molar-refractivity contribution in [1.82, 2.24) is 0 Å². The van der Waals surface area contributed by atoms with Crippen LogP contribution >= 0.6 is 47.8 Å². The lowest BCUT2D eigenvalue weighted by Gasteiger charge is -2.19. The Morgan fingerprint density at radius 2 is 1.57 bits per heavy atom. The Balaban J connectivity index is 2.17. The van der Waals surface area contributed by atoms with Gasteiger partial charge in [0.15, 0.2) is 6.61 Å². The van der Waals surface area contributed by atoms with Gasteiger partial charge in [0.1, 0.15) is 5.75 Å². The maximum absolute atomic E-state index is 14.1. The number of hydrogen-bond donors (Lipinski definition) is 0. The van der Waals surface area contributed by atoms with Crippen molar-refractivity contribution in [1.29, 1.82) is 0 Å². The first kappa shape index (κ1) is 16.9. The molecule has 2 aromatic carbocycles. The van der Waals surface area contributed by atoms with E-state index in [4.69, 9.17) is 4.74 Å². The molecule has 0 N–H and O–H groups in total. The van der Waals surface area contributed by atoms with E-state index in [1.54, 1.807) is 18.2 Å². The molecule has 0 heterocycles. The van der Waals surface area contributed by atoms with Gasteiger partial charge in [-0.3, -0.25) is 0 Å². The number of ether oxygens (including phenoxy) is 1. The molecule has 0 aliphatic heterocycles. The van der Waals surface area contributed by atoms with Crippen molar-refractivity contribution < 1.29 is 13.5 Å². The van der Waals surface area contributed by atoms with Crippen LogP contribution in [-0.4, -0.2) is 6.61 Å². The average Bonchev–Trinajstić information content (AvgIpc) is 2.47. The van der Waals surface area contributed by atoms with Crippen molar-refractivity contribution in [3.63, 3.8) is 0 Å². The maximum atomic E-state index is 14.1. The highest BCUT2D eigenvalue weighted by Crippen LogP contribution is 2.37. The molecule has 2 aromatic rings. The van der Waals surface area contributed by atoms with Crippen LogP contribution in [0.3, 0.4) is 0 Å². The zero-order chi connectivity index (χ0) is 15.5. The highest BCUT2D eigenvalue weighted by Gasteiger charge is 2.33. The Hall–Kier alpha value is -0.460. The number of hydrogen-bond acceptors (Lipinski definition) is 1. The van der Waals surface area contributed by atoms with Gasteiger partial charge in [-0.2, -0.15) is 8.78 Å². The minimum Gasteiger partial charge on any atom is -0.485 e. The Bertz CT molecular complexity index is 595. The van der Waals surface area contributed by atoms with Crippen LogP contribution in [0.15, 0.2) is 51.4 Å². The Kier molecular flexibility index (Phi) is 5.80. The molecule has 0 aliphatic carbocycles. The first-order valence-corrected chi connectivity index (χ1v) is 8.75. The van der Waals surface area contributed by atoms with Gasteiger partial charge in [0.05, 0.1) is 8.95 Å². The summed E-state index contributed by atoms with van der Waals surface area (Å²) in [7, 11) is 0. The van der Waals surface area contributed by atoms with Gasteiger partial charge in [0, 0.05) is 10.9 Å². The summed E-state index contributed by atoms with van der Waals surface area (Å²) in [6.07, 6.45) is 0. The molecule has 0 radical (unpaired) electrons. The van der Waals surface area contributed by atoms with E-state index < -0.39 is 12.5 Å². The molecule has 21 heavy (non-hydrogen) atoms. The third kappa shape index (κ3) is 4.27. The van der Waals surface area contributed by atoms with Crippen LogP contribution in [0.25, 0.3) is 0 Å². The van der Waals surface area contributed by atoms with Gasteiger partial charge in [-0.25, -0.2) is 0 Å². The molecule has 0 amide bonds. The van der Waals surface area contributed by atoms with Crippen molar-refractivity contribution in [2.24, 2.45) is 0 Å². The fourth-order valence-electron chi connectivity index (χ4n) is 1.76. The highest BCUT2D eigenvalue weighted by molar-refractivity contribution is 9.11. The van der Waals surface area contributed by atoms with Crippen LogP contribution in [-0.2, 0) is 11.3 Å². The minimum atomic E-state index is -3.05. The number of rotatable bonds is 5. The normalized spacial score (nSPS) is 11.5. The second-order valence-corrected chi connectivity index (χ2v) is 6.65. The summed E-state index contributed by atoms with van der Waals surface area (Å²) in [5, 5.41) is 0.671. The molecular formula is C15H11Br3F2O. The van der Waals surface area contributed by atoms with Gasteiger partial charge < -0.3 is 4.74 Å². The van der Waals surface area contributed by atoms with Gasteiger partial charge in [-0.1, -0.05) is 46.3 Å². The summed E-state index contributed by atoms with van der Waals surface area (Å²) in [6, 6.07) is 11.3. The molecule has 0 aliphatic rings. The first-order valence-electron chi connectivity index (χ1n) is 6.04. The predicted octanol–water partition coefficient (Wildman–Crippen LogP) is 6.28. The lowest BCUT2D eigenvalue weighted by atomic mass is 10.1. The number of halogens is 5. The molecule has 0 atom stereocenters.